The van der Waals surface area contributed by atoms with Crippen LogP contribution in [0.1, 0.15) is 24.8 Å². The molecule has 0 spiro atoms. The van der Waals surface area contributed by atoms with Crippen LogP contribution in [-0.2, 0) is 4.74 Å². The zero-order chi connectivity index (χ0) is 11.8. The van der Waals surface area contributed by atoms with Gasteiger partial charge in [-0.3, -0.25) is 0 Å². The fourth-order valence-electron chi connectivity index (χ4n) is 1.73. The molecular weight excluding hydrogens is 222 g/mol. The average Bonchev–Trinajstić information content (AvgIpc) is 2.29. The quantitative estimate of drug-likeness (QED) is 0.792. The van der Waals surface area contributed by atoms with Crippen molar-refractivity contribution in [1.82, 2.24) is 5.32 Å². The fraction of sp³-hybridized carbons (Fsp3) is 0.538. The predicted molar refractivity (Wildman–Crippen MR) is 69.2 cm³/mol. The standard InChI is InChI=1S/C13H20ClNO/c1-3-15-10-12(7-8-16-2)11-5-4-6-13(14)9-11/h4-6,9,12,15H,3,7-8,10H2,1-2H3. The first kappa shape index (κ1) is 13.5. The summed E-state index contributed by atoms with van der Waals surface area (Å²) < 4.78 is 5.14. The van der Waals surface area contributed by atoms with Crippen LogP contribution in [0.25, 0.3) is 0 Å². The van der Waals surface area contributed by atoms with Gasteiger partial charge in [-0.15, -0.1) is 0 Å². The Morgan fingerprint density at radius 1 is 1.44 bits per heavy atom. The Morgan fingerprint density at radius 2 is 2.25 bits per heavy atom. The van der Waals surface area contributed by atoms with Gasteiger partial charge < -0.3 is 10.1 Å². The number of benzene rings is 1. The largest absolute Gasteiger partial charge is 0.385 e. The van der Waals surface area contributed by atoms with E-state index >= 15 is 0 Å². The summed E-state index contributed by atoms with van der Waals surface area (Å²) in [5.41, 5.74) is 1.28. The Hall–Kier alpha value is -0.570. The van der Waals surface area contributed by atoms with Crippen LogP contribution in [0.5, 0.6) is 0 Å². The third-order valence-corrected chi connectivity index (χ3v) is 2.87. The van der Waals surface area contributed by atoms with Crippen molar-refractivity contribution in [3.8, 4) is 0 Å². The van der Waals surface area contributed by atoms with Gasteiger partial charge in [-0.2, -0.15) is 0 Å². The van der Waals surface area contributed by atoms with Crippen molar-refractivity contribution in [3.05, 3.63) is 34.9 Å². The van der Waals surface area contributed by atoms with E-state index in [4.69, 9.17) is 16.3 Å². The van der Waals surface area contributed by atoms with Crippen LogP contribution < -0.4 is 5.32 Å². The molecule has 0 fully saturated rings. The molecule has 0 aliphatic heterocycles. The van der Waals surface area contributed by atoms with Crippen molar-refractivity contribution >= 4 is 11.6 Å². The topological polar surface area (TPSA) is 21.3 Å². The van der Waals surface area contributed by atoms with Crippen LogP contribution in [0.3, 0.4) is 0 Å². The Labute approximate surface area is 103 Å². The maximum Gasteiger partial charge on any atom is 0.0468 e. The van der Waals surface area contributed by atoms with E-state index < -0.39 is 0 Å². The molecule has 1 N–H and O–H groups in total. The van der Waals surface area contributed by atoms with Crippen LogP contribution in [-0.4, -0.2) is 26.8 Å². The lowest BCUT2D eigenvalue weighted by Gasteiger charge is -2.17. The van der Waals surface area contributed by atoms with Crippen LogP contribution in [0.4, 0.5) is 0 Å². The maximum absolute atomic E-state index is 6.01. The van der Waals surface area contributed by atoms with Gasteiger partial charge in [0.1, 0.15) is 0 Å². The molecule has 0 aliphatic rings. The smallest absolute Gasteiger partial charge is 0.0468 e. The molecule has 1 aromatic carbocycles. The minimum absolute atomic E-state index is 0.471. The van der Waals surface area contributed by atoms with Gasteiger partial charge in [-0.1, -0.05) is 30.7 Å². The van der Waals surface area contributed by atoms with E-state index in [1.807, 2.05) is 18.2 Å². The normalized spacial score (nSPS) is 12.7. The van der Waals surface area contributed by atoms with Crippen molar-refractivity contribution in [3.63, 3.8) is 0 Å². The van der Waals surface area contributed by atoms with Gasteiger partial charge in [0.25, 0.3) is 0 Å². The molecule has 1 atom stereocenters. The first-order valence-corrected chi connectivity index (χ1v) is 6.10. The van der Waals surface area contributed by atoms with Gasteiger partial charge in [0.15, 0.2) is 0 Å². The summed E-state index contributed by atoms with van der Waals surface area (Å²) in [6, 6.07) is 8.08. The van der Waals surface area contributed by atoms with Gasteiger partial charge in [-0.05, 0) is 36.6 Å². The van der Waals surface area contributed by atoms with E-state index in [9.17, 15) is 0 Å². The first-order valence-electron chi connectivity index (χ1n) is 5.73. The molecular formula is C13H20ClNO. The molecule has 3 heteroatoms. The number of likely N-dealkylation sites (N-methyl/N-ethyl adjacent to an activating group) is 1. The lowest BCUT2D eigenvalue weighted by molar-refractivity contribution is 0.187. The summed E-state index contributed by atoms with van der Waals surface area (Å²) >= 11 is 6.01. The van der Waals surface area contributed by atoms with Crippen LogP contribution in [0, 0.1) is 0 Å². The molecule has 1 rings (SSSR count). The third-order valence-electron chi connectivity index (χ3n) is 2.63. The third kappa shape index (κ3) is 4.52. The highest BCUT2D eigenvalue weighted by Gasteiger charge is 2.10. The van der Waals surface area contributed by atoms with Crippen molar-refractivity contribution in [1.29, 1.82) is 0 Å². The molecule has 0 heterocycles. The van der Waals surface area contributed by atoms with Crippen molar-refractivity contribution < 1.29 is 4.74 Å². The SMILES string of the molecule is CCNCC(CCOC)c1cccc(Cl)c1. The molecule has 0 bridgehead atoms. The second kappa shape index (κ2) is 7.66. The molecule has 0 amide bonds. The molecule has 0 aliphatic carbocycles. The average molecular weight is 242 g/mol. The molecule has 0 aromatic heterocycles. The zero-order valence-corrected chi connectivity index (χ0v) is 10.8. The van der Waals surface area contributed by atoms with Gasteiger partial charge in [0.2, 0.25) is 0 Å². The molecule has 0 radical (unpaired) electrons. The summed E-state index contributed by atoms with van der Waals surface area (Å²) in [7, 11) is 1.74. The number of ether oxygens (including phenoxy) is 1. The lowest BCUT2D eigenvalue weighted by Crippen LogP contribution is -2.22. The summed E-state index contributed by atoms with van der Waals surface area (Å²) in [5.74, 6) is 0.471. The minimum atomic E-state index is 0.471. The number of nitrogens with one attached hydrogen (secondary N) is 1. The van der Waals surface area contributed by atoms with E-state index in [-0.39, 0.29) is 0 Å². The number of rotatable bonds is 7. The van der Waals surface area contributed by atoms with Crippen LogP contribution in [0.2, 0.25) is 5.02 Å². The van der Waals surface area contributed by atoms with E-state index in [0.717, 1.165) is 31.1 Å². The fourth-order valence-corrected chi connectivity index (χ4v) is 1.92. The second-order valence-corrected chi connectivity index (χ2v) is 4.28. The molecule has 90 valence electrons. The van der Waals surface area contributed by atoms with Crippen molar-refractivity contribution in [2.24, 2.45) is 0 Å². The number of halogens is 1. The molecule has 0 saturated heterocycles. The Morgan fingerprint density at radius 3 is 2.88 bits per heavy atom. The first-order chi connectivity index (χ1) is 7.77. The maximum atomic E-state index is 6.01. The predicted octanol–water partition coefficient (Wildman–Crippen LogP) is 3.07. The molecule has 16 heavy (non-hydrogen) atoms. The van der Waals surface area contributed by atoms with Crippen molar-refractivity contribution in [2.75, 3.05) is 26.8 Å². The highest BCUT2D eigenvalue weighted by Crippen LogP contribution is 2.22. The van der Waals surface area contributed by atoms with E-state index in [0.29, 0.717) is 5.92 Å². The molecule has 2 nitrogen and oxygen atoms in total. The van der Waals surface area contributed by atoms with Crippen LogP contribution in [0.15, 0.2) is 24.3 Å². The van der Waals surface area contributed by atoms with Crippen molar-refractivity contribution in [2.45, 2.75) is 19.3 Å². The zero-order valence-electron chi connectivity index (χ0n) is 10.0. The monoisotopic (exact) mass is 241 g/mol. The Balaban J connectivity index is 2.66. The summed E-state index contributed by atoms with van der Waals surface area (Å²) in [5, 5.41) is 4.18. The minimum Gasteiger partial charge on any atom is -0.385 e. The van der Waals surface area contributed by atoms with E-state index in [1.165, 1.54) is 5.56 Å². The highest BCUT2D eigenvalue weighted by molar-refractivity contribution is 6.30. The molecule has 1 unspecified atom stereocenters. The highest BCUT2D eigenvalue weighted by atomic mass is 35.5. The Bertz CT molecular complexity index is 296. The number of hydrogen-bond donors (Lipinski definition) is 1. The second-order valence-electron chi connectivity index (χ2n) is 3.84. The summed E-state index contributed by atoms with van der Waals surface area (Å²) in [6.07, 6.45) is 1.02. The summed E-state index contributed by atoms with van der Waals surface area (Å²) in [4.78, 5) is 0. The number of hydrogen-bond acceptors (Lipinski definition) is 2. The van der Waals surface area contributed by atoms with Crippen LogP contribution >= 0.6 is 11.6 Å². The number of methoxy groups -OCH3 is 1. The summed E-state index contributed by atoms with van der Waals surface area (Å²) in [6.45, 7) is 4.86. The van der Waals surface area contributed by atoms with Gasteiger partial charge in [0, 0.05) is 25.3 Å². The molecule has 1 aromatic rings. The van der Waals surface area contributed by atoms with Gasteiger partial charge >= 0.3 is 0 Å². The van der Waals surface area contributed by atoms with Gasteiger partial charge in [-0.25, -0.2) is 0 Å². The van der Waals surface area contributed by atoms with Gasteiger partial charge in [0.05, 0.1) is 0 Å². The lowest BCUT2D eigenvalue weighted by atomic mass is 9.96. The Kier molecular flexibility index (Phi) is 6.46. The van der Waals surface area contributed by atoms with E-state index in [2.05, 4.69) is 18.3 Å². The van der Waals surface area contributed by atoms with E-state index in [1.54, 1.807) is 7.11 Å². The molecule has 0 saturated carbocycles.